The minimum absolute atomic E-state index is 0.328. The van der Waals surface area contributed by atoms with Crippen LogP contribution in [-0.4, -0.2) is 28.9 Å². The van der Waals surface area contributed by atoms with Crippen molar-refractivity contribution < 1.29 is 4.79 Å². The van der Waals surface area contributed by atoms with E-state index < -0.39 is 0 Å². The first-order chi connectivity index (χ1) is 11.7. The standard InChI is InChI=1S/C20H24N2OS/c1-14-13-24-20(21-14)17-6-4-10-22(12-17)19(23)11-16-9-8-15-5-2-3-7-18(15)16/h2-3,5,7,13,16-17H,4,6,8-12H2,1H3/t16-,17+/m0/s1. The molecule has 1 aromatic heterocycles. The van der Waals surface area contributed by atoms with Gasteiger partial charge in [-0.1, -0.05) is 24.3 Å². The predicted octanol–water partition coefficient (Wildman–Crippen LogP) is 4.28. The Bertz CT molecular complexity index is 739. The van der Waals surface area contributed by atoms with Crippen LogP contribution in [0.4, 0.5) is 0 Å². The van der Waals surface area contributed by atoms with Crippen LogP contribution in [0.25, 0.3) is 0 Å². The number of benzene rings is 1. The van der Waals surface area contributed by atoms with Gasteiger partial charge >= 0.3 is 0 Å². The number of piperidine rings is 1. The first kappa shape index (κ1) is 15.8. The first-order valence-corrected chi connectivity index (χ1v) is 9.86. The zero-order valence-electron chi connectivity index (χ0n) is 14.2. The van der Waals surface area contributed by atoms with Crippen LogP contribution in [0.2, 0.25) is 0 Å². The second-order valence-electron chi connectivity index (χ2n) is 7.14. The zero-order chi connectivity index (χ0) is 16.5. The number of likely N-dealkylation sites (tertiary alicyclic amines) is 1. The number of rotatable bonds is 3. The summed E-state index contributed by atoms with van der Waals surface area (Å²) < 4.78 is 0. The summed E-state index contributed by atoms with van der Waals surface area (Å²) in [6.07, 6.45) is 5.16. The fourth-order valence-corrected chi connectivity index (χ4v) is 5.09. The molecule has 1 saturated heterocycles. The van der Waals surface area contributed by atoms with Crippen LogP contribution in [-0.2, 0) is 11.2 Å². The van der Waals surface area contributed by atoms with Gasteiger partial charge in [0.05, 0.1) is 5.01 Å². The van der Waals surface area contributed by atoms with Crippen LogP contribution in [0.5, 0.6) is 0 Å². The van der Waals surface area contributed by atoms with Crippen molar-refractivity contribution in [2.75, 3.05) is 13.1 Å². The minimum Gasteiger partial charge on any atom is -0.342 e. The molecule has 4 rings (SSSR count). The van der Waals surface area contributed by atoms with Crippen molar-refractivity contribution in [3.63, 3.8) is 0 Å². The Labute approximate surface area is 147 Å². The number of aromatic nitrogens is 1. The number of amides is 1. The van der Waals surface area contributed by atoms with E-state index in [9.17, 15) is 4.79 Å². The van der Waals surface area contributed by atoms with Crippen molar-refractivity contribution in [3.05, 3.63) is 51.5 Å². The smallest absolute Gasteiger partial charge is 0.223 e. The summed E-state index contributed by atoms with van der Waals surface area (Å²) >= 11 is 1.74. The SMILES string of the molecule is Cc1csc([C@@H]2CCCN(C(=O)C[C@@H]3CCc4ccccc43)C2)n1. The van der Waals surface area contributed by atoms with Crippen molar-refractivity contribution in [2.45, 2.75) is 50.9 Å². The molecule has 126 valence electrons. The quantitative estimate of drug-likeness (QED) is 0.835. The van der Waals surface area contributed by atoms with Crippen molar-refractivity contribution in [1.82, 2.24) is 9.88 Å². The van der Waals surface area contributed by atoms with Gasteiger partial charge in [-0.05, 0) is 49.7 Å². The fourth-order valence-electron chi connectivity index (χ4n) is 4.16. The first-order valence-electron chi connectivity index (χ1n) is 8.98. The van der Waals surface area contributed by atoms with E-state index in [1.165, 1.54) is 16.1 Å². The fraction of sp³-hybridized carbons (Fsp3) is 0.500. The number of thiazole rings is 1. The van der Waals surface area contributed by atoms with Crippen LogP contribution < -0.4 is 0 Å². The van der Waals surface area contributed by atoms with Gasteiger partial charge in [0.25, 0.3) is 0 Å². The lowest BCUT2D eigenvalue weighted by Gasteiger charge is -2.32. The van der Waals surface area contributed by atoms with Crippen molar-refractivity contribution in [2.24, 2.45) is 0 Å². The number of carbonyl (C=O) groups excluding carboxylic acids is 1. The van der Waals surface area contributed by atoms with E-state index >= 15 is 0 Å². The molecule has 4 heteroatoms. The Kier molecular flexibility index (Phi) is 4.40. The maximum atomic E-state index is 12.9. The summed E-state index contributed by atoms with van der Waals surface area (Å²) in [5.74, 6) is 1.17. The molecule has 24 heavy (non-hydrogen) atoms. The van der Waals surface area contributed by atoms with Gasteiger partial charge in [-0.3, -0.25) is 4.79 Å². The van der Waals surface area contributed by atoms with E-state index in [1.54, 1.807) is 11.3 Å². The van der Waals surface area contributed by atoms with Gasteiger partial charge in [0.2, 0.25) is 5.91 Å². The molecule has 1 aliphatic heterocycles. The third-order valence-corrected chi connectivity index (χ3v) is 6.56. The molecule has 0 unspecified atom stereocenters. The zero-order valence-corrected chi connectivity index (χ0v) is 15.0. The van der Waals surface area contributed by atoms with Crippen molar-refractivity contribution in [3.8, 4) is 0 Å². The van der Waals surface area contributed by atoms with Crippen LogP contribution in [0.3, 0.4) is 0 Å². The van der Waals surface area contributed by atoms with E-state index in [0.29, 0.717) is 24.2 Å². The topological polar surface area (TPSA) is 33.2 Å². The molecular weight excluding hydrogens is 316 g/mol. The van der Waals surface area contributed by atoms with Gasteiger partial charge in [-0.2, -0.15) is 0 Å². The van der Waals surface area contributed by atoms with Crippen LogP contribution in [0.1, 0.15) is 59.3 Å². The minimum atomic E-state index is 0.328. The second kappa shape index (κ2) is 6.67. The Morgan fingerprint density at radius 1 is 1.33 bits per heavy atom. The normalized spacial score (nSPS) is 23.3. The Morgan fingerprint density at radius 2 is 2.21 bits per heavy atom. The molecule has 2 atom stereocenters. The van der Waals surface area contributed by atoms with Gasteiger partial charge in [0.1, 0.15) is 0 Å². The average Bonchev–Trinajstić information content (AvgIpc) is 3.22. The largest absolute Gasteiger partial charge is 0.342 e. The number of nitrogens with zero attached hydrogens (tertiary/aromatic N) is 2. The van der Waals surface area contributed by atoms with Gasteiger partial charge in [0, 0.05) is 36.5 Å². The van der Waals surface area contributed by atoms with Gasteiger partial charge in [0.15, 0.2) is 0 Å². The number of carbonyl (C=O) groups is 1. The monoisotopic (exact) mass is 340 g/mol. The molecule has 1 aromatic carbocycles. The highest BCUT2D eigenvalue weighted by Crippen LogP contribution is 2.36. The van der Waals surface area contributed by atoms with Gasteiger partial charge < -0.3 is 4.90 Å². The predicted molar refractivity (Wildman–Crippen MR) is 97.5 cm³/mol. The Morgan fingerprint density at radius 3 is 3.04 bits per heavy atom. The summed E-state index contributed by atoms with van der Waals surface area (Å²) in [7, 11) is 0. The maximum absolute atomic E-state index is 12.9. The lowest BCUT2D eigenvalue weighted by atomic mass is 9.94. The molecule has 1 fully saturated rings. The van der Waals surface area contributed by atoms with E-state index in [4.69, 9.17) is 0 Å². The number of aryl methyl sites for hydroxylation is 2. The molecule has 1 amide bonds. The lowest BCUT2D eigenvalue weighted by molar-refractivity contribution is -0.132. The highest BCUT2D eigenvalue weighted by Gasteiger charge is 2.30. The second-order valence-corrected chi connectivity index (χ2v) is 8.03. The highest BCUT2D eigenvalue weighted by molar-refractivity contribution is 7.09. The highest BCUT2D eigenvalue weighted by atomic mass is 32.1. The number of fused-ring (bicyclic) bond motifs is 1. The summed E-state index contributed by atoms with van der Waals surface area (Å²) in [5.41, 5.74) is 3.93. The molecule has 0 N–H and O–H groups in total. The summed E-state index contributed by atoms with van der Waals surface area (Å²) in [5, 5.41) is 3.32. The number of hydrogen-bond acceptors (Lipinski definition) is 3. The Hall–Kier alpha value is -1.68. The molecule has 0 radical (unpaired) electrons. The van der Waals surface area contributed by atoms with E-state index in [-0.39, 0.29) is 0 Å². The molecule has 0 bridgehead atoms. The summed E-state index contributed by atoms with van der Waals surface area (Å²) in [6, 6.07) is 8.62. The van der Waals surface area contributed by atoms with E-state index in [2.05, 4.69) is 39.5 Å². The molecule has 1 aliphatic carbocycles. The summed E-state index contributed by atoms with van der Waals surface area (Å²) in [6.45, 7) is 3.80. The lowest BCUT2D eigenvalue weighted by Crippen LogP contribution is -2.39. The molecule has 2 heterocycles. The molecule has 0 saturated carbocycles. The average molecular weight is 340 g/mol. The van der Waals surface area contributed by atoms with E-state index in [1.807, 2.05) is 6.92 Å². The van der Waals surface area contributed by atoms with Crippen LogP contribution >= 0.6 is 11.3 Å². The van der Waals surface area contributed by atoms with Gasteiger partial charge in [-0.15, -0.1) is 11.3 Å². The van der Waals surface area contributed by atoms with Crippen LogP contribution in [0, 0.1) is 6.92 Å². The van der Waals surface area contributed by atoms with Crippen molar-refractivity contribution >= 4 is 17.2 Å². The molecule has 2 aromatic rings. The summed E-state index contributed by atoms with van der Waals surface area (Å²) in [4.78, 5) is 19.6. The van der Waals surface area contributed by atoms with Crippen molar-refractivity contribution in [1.29, 1.82) is 0 Å². The molecule has 2 aliphatic rings. The molecule has 0 spiro atoms. The number of hydrogen-bond donors (Lipinski definition) is 0. The van der Waals surface area contributed by atoms with Gasteiger partial charge in [-0.25, -0.2) is 4.98 Å². The maximum Gasteiger partial charge on any atom is 0.223 e. The van der Waals surface area contributed by atoms with E-state index in [0.717, 1.165) is 44.5 Å². The molecule has 3 nitrogen and oxygen atoms in total. The molecular formula is C20H24N2OS. The third kappa shape index (κ3) is 3.12. The third-order valence-electron chi connectivity index (χ3n) is 5.44. The van der Waals surface area contributed by atoms with Crippen LogP contribution in [0.15, 0.2) is 29.6 Å². The Balaban J connectivity index is 1.41.